The normalized spacial score (nSPS) is 10.6. The molecule has 19 heavy (non-hydrogen) atoms. The van der Waals surface area contributed by atoms with Crippen molar-refractivity contribution in [1.29, 1.82) is 0 Å². The van der Waals surface area contributed by atoms with Crippen molar-refractivity contribution in [2.45, 2.75) is 0 Å². The molecular weight excluding hydrogens is 240 g/mol. The van der Waals surface area contributed by atoms with Gasteiger partial charge in [0, 0.05) is 17.3 Å². The quantitative estimate of drug-likeness (QED) is 0.729. The standard InChI is InChI=1S/C15H12N2O2/c1-19-12-4-5-13-10(6-12)2-3-11(8-18)15(13)14-7-16-9-17-14/h2-9H,1H3,(H,16,17). The van der Waals surface area contributed by atoms with Gasteiger partial charge in [-0.2, -0.15) is 0 Å². The Labute approximate surface area is 110 Å². The van der Waals surface area contributed by atoms with Crippen LogP contribution in [0.4, 0.5) is 0 Å². The fraction of sp³-hybridized carbons (Fsp3) is 0.0667. The lowest BCUT2D eigenvalue weighted by atomic mass is 9.97. The number of benzene rings is 2. The predicted octanol–water partition coefficient (Wildman–Crippen LogP) is 3.05. The Kier molecular flexibility index (Phi) is 2.76. The van der Waals surface area contributed by atoms with Crippen LogP contribution in [0.2, 0.25) is 0 Å². The maximum Gasteiger partial charge on any atom is 0.150 e. The lowest BCUT2D eigenvalue weighted by Crippen LogP contribution is -1.91. The Bertz CT molecular complexity index is 733. The molecule has 3 rings (SSSR count). The molecule has 1 heterocycles. The van der Waals surface area contributed by atoms with Crippen LogP contribution in [0.25, 0.3) is 22.0 Å². The summed E-state index contributed by atoms with van der Waals surface area (Å²) in [5.41, 5.74) is 2.24. The number of methoxy groups -OCH3 is 1. The SMILES string of the molecule is COc1ccc2c(-c3c[nH]cn3)c(C=O)ccc2c1. The zero-order valence-electron chi connectivity index (χ0n) is 10.4. The Balaban J connectivity index is 2.35. The van der Waals surface area contributed by atoms with Crippen LogP contribution in [0, 0.1) is 0 Å². The van der Waals surface area contributed by atoms with Crippen molar-refractivity contribution < 1.29 is 9.53 Å². The van der Waals surface area contributed by atoms with Gasteiger partial charge in [-0.3, -0.25) is 4.79 Å². The molecule has 3 aromatic rings. The minimum Gasteiger partial charge on any atom is -0.497 e. The lowest BCUT2D eigenvalue weighted by molar-refractivity contribution is 0.112. The van der Waals surface area contributed by atoms with Gasteiger partial charge in [0.05, 0.1) is 19.1 Å². The molecule has 0 radical (unpaired) electrons. The molecule has 0 saturated heterocycles. The third-order valence-corrected chi connectivity index (χ3v) is 3.14. The highest BCUT2D eigenvalue weighted by Gasteiger charge is 2.11. The maximum absolute atomic E-state index is 11.2. The molecule has 0 fully saturated rings. The van der Waals surface area contributed by atoms with Crippen LogP contribution in [0.3, 0.4) is 0 Å². The van der Waals surface area contributed by atoms with Crippen molar-refractivity contribution in [2.75, 3.05) is 7.11 Å². The molecular formula is C15H12N2O2. The topological polar surface area (TPSA) is 55.0 Å². The van der Waals surface area contributed by atoms with Gasteiger partial charge in [0.2, 0.25) is 0 Å². The number of H-pyrrole nitrogens is 1. The summed E-state index contributed by atoms with van der Waals surface area (Å²) in [5.74, 6) is 0.791. The Morgan fingerprint density at radius 1 is 1.26 bits per heavy atom. The molecule has 0 bridgehead atoms. The van der Waals surface area contributed by atoms with Gasteiger partial charge in [0.1, 0.15) is 5.75 Å². The van der Waals surface area contributed by atoms with Crippen LogP contribution in [0.1, 0.15) is 10.4 Å². The number of nitrogens with zero attached hydrogens (tertiary/aromatic N) is 1. The summed E-state index contributed by atoms with van der Waals surface area (Å²) in [6, 6.07) is 9.49. The van der Waals surface area contributed by atoms with Gasteiger partial charge < -0.3 is 9.72 Å². The molecule has 1 N–H and O–H groups in total. The first-order valence-electron chi connectivity index (χ1n) is 5.88. The van der Waals surface area contributed by atoms with Gasteiger partial charge in [0.25, 0.3) is 0 Å². The number of carbonyl (C=O) groups is 1. The zero-order valence-corrected chi connectivity index (χ0v) is 10.4. The van der Waals surface area contributed by atoms with Crippen LogP contribution < -0.4 is 4.74 Å². The lowest BCUT2D eigenvalue weighted by Gasteiger charge is -2.09. The second-order valence-electron chi connectivity index (χ2n) is 4.19. The minimum absolute atomic E-state index is 0.629. The van der Waals surface area contributed by atoms with Crippen LogP contribution in [0.15, 0.2) is 42.9 Å². The number of aromatic nitrogens is 2. The highest BCUT2D eigenvalue weighted by molar-refractivity contribution is 6.04. The molecule has 0 spiro atoms. The van der Waals surface area contributed by atoms with E-state index in [4.69, 9.17) is 4.74 Å². The van der Waals surface area contributed by atoms with E-state index in [9.17, 15) is 4.79 Å². The summed E-state index contributed by atoms with van der Waals surface area (Å²) >= 11 is 0. The van der Waals surface area contributed by atoms with Gasteiger partial charge in [-0.15, -0.1) is 0 Å². The molecule has 4 heteroatoms. The molecule has 0 amide bonds. The minimum atomic E-state index is 0.629. The molecule has 0 aliphatic heterocycles. The fourth-order valence-corrected chi connectivity index (χ4v) is 2.23. The number of aldehydes is 1. The molecule has 0 atom stereocenters. The number of hydrogen-bond acceptors (Lipinski definition) is 3. The first-order valence-corrected chi connectivity index (χ1v) is 5.88. The second kappa shape index (κ2) is 4.57. The van der Waals surface area contributed by atoms with E-state index in [0.717, 1.165) is 34.1 Å². The number of imidazole rings is 1. The number of carbonyl (C=O) groups excluding carboxylic acids is 1. The predicted molar refractivity (Wildman–Crippen MR) is 73.5 cm³/mol. The summed E-state index contributed by atoms with van der Waals surface area (Å²) in [4.78, 5) is 18.4. The number of nitrogens with one attached hydrogen (secondary N) is 1. The van der Waals surface area contributed by atoms with E-state index in [0.29, 0.717) is 5.56 Å². The number of fused-ring (bicyclic) bond motifs is 1. The number of hydrogen-bond donors (Lipinski definition) is 1. The van der Waals surface area contributed by atoms with Crippen molar-refractivity contribution in [1.82, 2.24) is 9.97 Å². The van der Waals surface area contributed by atoms with E-state index in [1.54, 1.807) is 25.7 Å². The van der Waals surface area contributed by atoms with Crippen molar-refractivity contribution in [3.8, 4) is 17.0 Å². The van der Waals surface area contributed by atoms with Crippen molar-refractivity contribution in [3.05, 3.63) is 48.4 Å². The summed E-state index contributed by atoms with van der Waals surface area (Å²) in [6.45, 7) is 0. The van der Waals surface area contributed by atoms with Crippen molar-refractivity contribution >= 4 is 17.1 Å². The van der Waals surface area contributed by atoms with E-state index < -0.39 is 0 Å². The monoisotopic (exact) mass is 252 g/mol. The molecule has 0 unspecified atom stereocenters. The molecule has 0 aliphatic carbocycles. The Morgan fingerprint density at radius 2 is 2.16 bits per heavy atom. The molecule has 4 nitrogen and oxygen atoms in total. The zero-order chi connectivity index (χ0) is 13.2. The van der Waals surface area contributed by atoms with Gasteiger partial charge in [-0.1, -0.05) is 12.1 Å². The van der Waals surface area contributed by atoms with E-state index >= 15 is 0 Å². The largest absolute Gasteiger partial charge is 0.497 e. The number of aromatic amines is 1. The third kappa shape index (κ3) is 1.87. The Morgan fingerprint density at radius 3 is 2.84 bits per heavy atom. The van der Waals surface area contributed by atoms with Gasteiger partial charge in [-0.05, 0) is 29.0 Å². The summed E-state index contributed by atoms with van der Waals surface area (Å²) in [6.07, 6.45) is 4.24. The molecule has 0 aliphatic rings. The van der Waals surface area contributed by atoms with Gasteiger partial charge in [0.15, 0.2) is 6.29 Å². The number of ether oxygens (including phenoxy) is 1. The fourth-order valence-electron chi connectivity index (χ4n) is 2.23. The molecule has 0 saturated carbocycles. The van der Waals surface area contributed by atoms with E-state index in [-0.39, 0.29) is 0 Å². The number of rotatable bonds is 3. The highest BCUT2D eigenvalue weighted by atomic mass is 16.5. The molecule has 94 valence electrons. The van der Waals surface area contributed by atoms with Crippen LogP contribution >= 0.6 is 0 Å². The first-order chi connectivity index (χ1) is 9.33. The van der Waals surface area contributed by atoms with Crippen LogP contribution in [-0.4, -0.2) is 23.4 Å². The first kappa shape index (κ1) is 11.5. The van der Waals surface area contributed by atoms with Gasteiger partial charge in [-0.25, -0.2) is 4.98 Å². The highest BCUT2D eigenvalue weighted by Crippen LogP contribution is 2.32. The second-order valence-corrected chi connectivity index (χ2v) is 4.19. The van der Waals surface area contributed by atoms with E-state index in [1.807, 2.05) is 24.3 Å². The van der Waals surface area contributed by atoms with Crippen molar-refractivity contribution in [3.63, 3.8) is 0 Å². The van der Waals surface area contributed by atoms with Gasteiger partial charge >= 0.3 is 0 Å². The summed E-state index contributed by atoms with van der Waals surface area (Å²) in [5, 5.41) is 2.00. The van der Waals surface area contributed by atoms with E-state index in [2.05, 4.69) is 9.97 Å². The van der Waals surface area contributed by atoms with Crippen LogP contribution in [-0.2, 0) is 0 Å². The van der Waals surface area contributed by atoms with Crippen LogP contribution in [0.5, 0.6) is 5.75 Å². The van der Waals surface area contributed by atoms with Crippen molar-refractivity contribution in [2.24, 2.45) is 0 Å². The summed E-state index contributed by atoms with van der Waals surface area (Å²) in [7, 11) is 1.63. The average molecular weight is 252 g/mol. The Hall–Kier alpha value is -2.62. The summed E-state index contributed by atoms with van der Waals surface area (Å²) < 4.78 is 5.22. The molecule has 1 aromatic heterocycles. The third-order valence-electron chi connectivity index (χ3n) is 3.14. The maximum atomic E-state index is 11.2. The molecule has 2 aromatic carbocycles. The average Bonchev–Trinajstić information content (AvgIpc) is 2.99. The van der Waals surface area contributed by atoms with E-state index in [1.165, 1.54) is 0 Å². The smallest absolute Gasteiger partial charge is 0.150 e.